The number of carbonyl (C=O) groups is 2. The molecule has 8 heteroatoms. The van der Waals surface area contributed by atoms with Crippen LogP contribution in [-0.2, 0) is 19.9 Å². The highest BCUT2D eigenvalue weighted by atomic mass is 19.4. The summed E-state index contributed by atoms with van der Waals surface area (Å²) in [6.45, 7) is 3.37. The fourth-order valence-corrected chi connectivity index (χ4v) is 2.92. The van der Waals surface area contributed by atoms with Crippen LogP contribution in [0.2, 0.25) is 0 Å². The number of benzene rings is 2. The molecule has 2 aromatic rings. The predicted octanol–water partition coefficient (Wildman–Crippen LogP) is 3.14. The van der Waals surface area contributed by atoms with Gasteiger partial charge in [0.05, 0.1) is 12.8 Å². The van der Waals surface area contributed by atoms with Crippen LogP contribution in [0.15, 0.2) is 36.4 Å². The Hall–Kier alpha value is -2.61. The summed E-state index contributed by atoms with van der Waals surface area (Å²) in [6.07, 6.45) is -5.30. The van der Waals surface area contributed by atoms with Gasteiger partial charge in [-0.05, 0) is 18.4 Å². The first kappa shape index (κ1) is 19.7. The zero-order valence-electron chi connectivity index (χ0n) is 14.4. The van der Waals surface area contributed by atoms with Crippen LogP contribution in [0.3, 0.4) is 0 Å². The van der Waals surface area contributed by atoms with E-state index in [4.69, 9.17) is 0 Å². The number of amides is 1. The first-order valence-corrected chi connectivity index (χ1v) is 7.77. The second kappa shape index (κ2) is 6.95. The van der Waals surface area contributed by atoms with E-state index in [1.54, 1.807) is 13.0 Å². The molecular weight excluding hydrogens is 351 g/mol. The van der Waals surface area contributed by atoms with Gasteiger partial charge >= 0.3 is 12.1 Å². The van der Waals surface area contributed by atoms with Gasteiger partial charge in [0.1, 0.15) is 0 Å². The van der Waals surface area contributed by atoms with Crippen molar-refractivity contribution < 1.29 is 32.6 Å². The molecule has 0 spiro atoms. The third-order valence-electron chi connectivity index (χ3n) is 4.17. The van der Waals surface area contributed by atoms with E-state index in [1.807, 2.05) is 0 Å². The van der Waals surface area contributed by atoms with Crippen LogP contribution in [-0.4, -0.2) is 36.8 Å². The number of fused-ring (bicyclic) bond motifs is 1. The second-order valence-corrected chi connectivity index (χ2v) is 5.64. The van der Waals surface area contributed by atoms with E-state index in [9.17, 15) is 27.9 Å². The van der Waals surface area contributed by atoms with E-state index >= 15 is 0 Å². The maximum Gasteiger partial charge on any atom is 0.432 e. The lowest BCUT2D eigenvalue weighted by Gasteiger charge is -2.30. The van der Waals surface area contributed by atoms with Crippen LogP contribution in [0.1, 0.15) is 19.4 Å². The predicted molar refractivity (Wildman–Crippen MR) is 89.6 cm³/mol. The number of hydrogen-bond acceptors (Lipinski definition) is 4. The van der Waals surface area contributed by atoms with Gasteiger partial charge in [-0.15, -0.1) is 0 Å². The van der Waals surface area contributed by atoms with Crippen molar-refractivity contribution in [1.82, 2.24) is 0 Å². The van der Waals surface area contributed by atoms with Crippen LogP contribution >= 0.6 is 0 Å². The fraction of sp³-hybridized carbons (Fsp3) is 0.333. The molecule has 1 amide bonds. The van der Waals surface area contributed by atoms with Crippen molar-refractivity contribution in [3.63, 3.8) is 0 Å². The van der Waals surface area contributed by atoms with Crippen molar-refractivity contribution in [2.24, 2.45) is 0 Å². The highest BCUT2D eigenvalue weighted by Crippen LogP contribution is 2.44. The van der Waals surface area contributed by atoms with Crippen molar-refractivity contribution >= 4 is 28.3 Å². The monoisotopic (exact) mass is 369 g/mol. The van der Waals surface area contributed by atoms with Gasteiger partial charge in [-0.25, -0.2) is 4.79 Å². The molecule has 26 heavy (non-hydrogen) atoms. The normalized spacial score (nSPS) is 14.0. The van der Waals surface area contributed by atoms with Crippen LogP contribution in [0.4, 0.5) is 18.9 Å². The molecule has 0 aliphatic heterocycles. The summed E-state index contributed by atoms with van der Waals surface area (Å²) in [4.78, 5) is 25.1. The van der Waals surface area contributed by atoms with Crippen molar-refractivity contribution in [3.05, 3.63) is 42.0 Å². The Bertz CT molecular complexity index is 850. The number of halogens is 3. The molecular formula is C18H18F3NO4. The Labute approximate surface area is 148 Å². The number of carbonyl (C=O) groups excluding carboxylic acids is 2. The molecule has 2 rings (SSSR count). The van der Waals surface area contributed by atoms with Crippen molar-refractivity contribution in [3.8, 4) is 0 Å². The number of esters is 1. The minimum Gasteiger partial charge on any atom is -0.466 e. The van der Waals surface area contributed by atoms with E-state index in [0.717, 1.165) is 13.2 Å². The standard InChI is InChI=1S/C18H18F3NO4/c1-4-22(11(2)23)15-10-9-14(12-7-5-6-8-13(12)15)17(25,16(24)26-3)18(19,20)21/h5-10,25H,4H2,1-3H3/t17-/m0/s1. The molecule has 140 valence electrons. The molecule has 0 unspecified atom stereocenters. The Morgan fingerprint density at radius 3 is 2.15 bits per heavy atom. The van der Waals surface area contributed by atoms with Gasteiger partial charge in [-0.1, -0.05) is 30.3 Å². The zero-order valence-corrected chi connectivity index (χ0v) is 14.4. The molecule has 0 saturated carbocycles. The lowest BCUT2D eigenvalue weighted by Crippen LogP contribution is -2.50. The quantitative estimate of drug-likeness (QED) is 0.841. The van der Waals surface area contributed by atoms with Crippen molar-refractivity contribution in [2.45, 2.75) is 25.6 Å². The summed E-state index contributed by atoms with van der Waals surface area (Å²) in [7, 11) is 0.768. The fourth-order valence-electron chi connectivity index (χ4n) is 2.92. The summed E-state index contributed by atoms with van der Waals surface area (Å²) in [5.74, 6) is -2.12. The second-order valence-electron chi connectivity index (χ2n) is 5.64. The summed E-state index contributed by atoms with van der Waals surface area (Å²) in [5.41, 5.74) is -4.10. The third-order valence-corrected chi connectivity index (χ3v) is 4.17. The van der Waals surface area contributed by atoms with Crippen molar-refractivity contribution in [2.75, 3.05) is 18.6 Å². The zero-order chi connectivity index (χ0) is 19.7. The summed E-state index contributed by atoms with van der Waals surface area (Å²) < 4.78 is 45.0. The average Bonchev–Trinajstić information content (AvgIpc) is 2.59. The molecule has 1 N–H and O–H groups in total. The first-order chi connectivity index (χ1) is 12.1. The SMILES string of the molecule is CCN(C(C)=O)c1ccc([C@](O)(C(=O)OC)C(F)(F)F)c2ccccc12. The Morgan fingerprint density at radius 1 is 1.12 bits per heavy atom. The Balaban J connectivity index is 2.86. The number of methoxy groups -OCH3 is 1. The number of hydrogen-bond donors (Lipinski definition) is 1. The molecule has 0 bridgehead atoms. The topological polar surface area (TPSA) is 66.8 Å². The van der Waals surface area contributed by atoms with Crippen LogP contribution in [0, 0.1) is 0 Å². The first-order valence-electron chi connectivity index (χ1n) is 7.77. The van der Waals surface area contributed by atoms with E-state index in [0.29, 0.717) is 17.6 Å². The molecule has 0 heterocycles. The molecule has 0 fully saturated rings. The number of nitrogens with zero attached hydrogens (tertiary/aromatic N) is 1. The van der Waals surface area contributed by atoms with Crippen LogP contribution in [0.25, 0.3) is 10.8 Å². The van der Waals surface area contributed by atoms with Crippen molar-refractivity contribution in [1.29, 1.82) is 0 Å². The molecule has 1 atom stereocenters. The minimum absolute atomic E-state index is 0.00470. The number of alkyl halides is 3. The number of anilines is 1. The highest BCUT2D eigenvalue weighted by molar-refractivity contribution is 6.05. The van der Waals surface area contributed by atoms with E-state index in [2.05, 4.69) is 4.74 Å². The van der Waals surface area contributed by atoms with E-state index < -0.39 is 23.3 Å². The maximum atomic E-state index is 13.6. The summed E-state index contributed by atoms with van der Waals surface area (Å²) in [6, 6.07) is 8.22. The number of ether oxygens (including phenoxy) is 1. The van der Waals surface area contributed by atoms with Gasteiger partial charge in [0.15, 0.2) is 0 Å². The smallest absolute Gasteiger partial charge is 0.432 e. The van der Waals surface area contributed by atoms with Gasteiger partial charge in [-0.3, -0.25) is 4.79 Å². The van der Waals surface area contributed by atoms with Gasteiger partial charge in [0.2, 0.25) is 5.91 Å². The number of aliphatic hydroxyl groups is 1. The van der Waals surface area contributed by atoms with E-state index in [1.165, 1.54) is 36.1 Å². The van der Waals surface area contributed by atoms with Crippen LogP contribution in [0.5, 0.6) is 0 Å². The molecule has 0 aliphatic rings. The summed E-state index contributed by atoms with van der Waals surface area (Å²) >= 11 is 0. The lowest BCUT2D eigenvalue weighted by atomic mass is 9.88. The molecule has 0 aliphatic carbocycles. The Morgan fingerprint density at radius 2 is 1.69 bits per heavy atom. The largest absolute Gasteiger partial charge is 0.466 e. The molecule has 0 aromatic heterocycles. The molecule has 0 saturated heterocycles. The number of rotatable bonds is 4. The molecule has 2 aromatic carbocycles. The third kappa shape index (κ3) is 3.01. The van der Waals surface area contributed by atoms with Gasteiger partial charge in [-0.2, -0.15) is 13.2 Å². The Kier molecular flexibility index (Phi) is 5.27. The average molecular weight is 369 g/mol. The molecule has 0 radical (unpaired) electrons. The minimum atomic E-state index is -5.30. The lowest BCUT2D eigenvalue weighted by molar-refractivity contribution is -0.266. The maximum absolute atomic E-state index is 13.6. The highest BCUT2D eigenvalue weighted by Gasteiger charge is 2.62. The van der Waals surface area contributed by atoms with Gasteiger partial charge in [0, 0.05) is 24.4 Å². The molecule has 5 nitrogen and oxygen atoms in total. The van der Waals surface area contributed by atoms with Gasteiger partial charge < -0.3 is 14.7 Å². The van der Waals surface area contributed by atoms with Gasteiger partial charge in [0.25, 0.3) is 5.60 Å². The summed E-state index contributed by atoms with van der Waals surface area (Å²) in [5, 5.41) is 10.6. The van der Waals surface area contributed by atoms with Crippen LogP contribution < -0.4 is 4.90 Å². The van der Waals surface area contributed by atoms with E-state index in [-0.39, 0.29) is 11.3 Å².